The van der Waals surface area contributed by atoms with Gasteiger partial charge in [0, 0.05) is 29.2 Å². The highest BCUT2D eigenvalue weighted by molar-refractivity contribution is 7.97. The molecule has 1 amide bonds. The molecule has 0 atom stereocenters. The van der Waals surface area contributed by atoms with Crippen LogP contribution in [0.1, 0.15) is 28.8 Å². The molecule has 0 saturated carbocycles. The van der Waals surface area contributed by atoms with Gasteiger partial charge >= 0.3 is 0 Å². The highest BCUT2D eigenvalue weighted by Crippen LogP contribution is 2.28. The molecule has 1 fully saturated rings. The first kappa shape index (κ1) is 24.2. The minimum Gasteiger partial charge on any atom is -0.366 e. The highest BCUT2D eigenvalue weighted by atomic mass is 32.2. The minimum absolute atomic E-state index is 0.439. The molecule has 0 radical (unpaired) electrons. The molecule has 9 heteroatoms. The Bertz CT molecular complexity index is 1370. The van der Waals surface area contributed by atoms with Crippen LogP contribution < -0.4 is 15.8 Å². The maximum atomic E-state index is 11.6. The van der Waals surface area contributed by atoms with Crippen molar-refractivity contribution in [3.8, 4) is 11.1 Å². The van der Waals surface area contributed by atoms with Crippen molar-refractivity contribution in [1.82, 2.24) is 24.8 Å². The van der Waals surface area contributed by atoms with E-state index >= 15 is 0 Å². The third kappa shape index (κ3) is 5.81. The first-order valence-corrected chi connectivity index (χ1v) is 12.9. The van der Waals surface area contributed by atoms with Crippen molar-refractivity contribution >= 4 is 40.5 Å². The van der Waals surface area contributed by atoms with Crippen LogP contribution in [0.15, 0.2) is 65.6 Å². The number of aromatic nitrogens is 3. The third-order valence-electron chi connectivity index (χ3n) is 6.29. The van der Waals surface area contributed by atoms with Gasteiger partial charge in [0.2, 0.25) is 11.9 Å². The monoisotopic (exact) mass is 499 g/mol. The van der Waals surface area contributed by atoms with E-state index < -0.39 is 5.91 Å². The van der Waals surface area contributed by atoms with E-state index in [1.54, 1.807) is 24.1 Å². The molecule has 4 aromatic rings. The number of nitrogens with zero attached hydrogens (tertiary/aromatic N) is 4. The summed E-state index contributed by atoms with van der Waals surface area (Å²) in [5.74, 6) is -0.0117. The van der Waals surface area contributed by atoms with Gasteiger partial charge in [-0.25, -0.2) is 4.98 Å². The molecule has 5 rings (SSSR count). The van der Waals surface area contributed by atoms with E-state index in [4.69, 9.17) is 5.73 Å². The van der Waals surface area contributed by atoms with Crippen LogP contribution in [0, 0.1) is 6.92 Å². The second-order valence-electron chi connectivity index (χ2n) is 8.93. The molecule has 184 valence electrons. The Kier molecular flexibility index (Phi) is 7.41. The lowest BCUT2D eigenvalue weighted by Gasteiger charge is -2.14. The molecule has 3 aromatic carbocycles. The van der Waals surface area contributed by atoms with Gasteiger partial charge in [-0.2, -0.15) is 0 Å². The van der Waals surface area contributed by atoms with Crippen LogP contribution in [0.5, 0.6) is 0 Å². The smallest absolute Gasteiger partial charge is 0.248 e. The predicted octanol–water partition coefficient (Wildman–Crippen LogP) is 4.54. The van der Waals surface area contributed by atoms with Crippen molar-refractivity contribution in [3.05, 3.63) is 71.8 Å². The summed E-state index contributed by atoms with van der Waals surface area (Å²) in [6.45, 7) is 6.53. The van der Waals surface area contributed by atoms with Crippen molar-refractivity contribution < 1.29 is 4.79 Å². The lowest BCUT2D eigenvalue weighted by Crippen LogP contribution is -2.27. The fourth-order valence-electron chi connectivity index (χ4n) is 4.37. The third-order valence-corrected chi connectivity index (χ3v) is 7.14. The van der Waals surface area contributed by atoms with Gasteiger partial charge in [0.25, 0.3) is 0 Å². The fraction of sp³-hybridized carbons (Fsp3) is 0.259. The molecule has 0 unspecified atom stereocenters. The highest BCUT2D eigenvalue weighted by Gasteiger charge is 2.11. The summed E-state index contributed by atoms with van der Waals surface area (Å²) >= 11 is 1.65. The topological polar surface area (TPSA) is 109 Å². The number of likely N-dealkylation sites (tertiary alicyclic amines) is 1. The number of hydrogen-bond acceptors (Lipinski definition) is 8. The van der Waals surface area contributed by atoms with Crippen LogP contribution in [-0.4, -0.2) is 52.2 Å². The molecule has 1 saturated heterocycles. The molecule has 0 spiro atoms. The van der Waals surface area contributed by atoms with Gasteiger partial charge in [-0.3, -0.25) is 9.52 Å². The van der Waals surface area contributed by atoms with Crippen molar-refractivity contribution in [3.63, 3.8) is 0 Å². The number of primary amides is 1. The number of carbonyl (C=O) groups is 1. The molecular formula is C27H29N7OS. The normalized spacial score (nSPS) is 13.8. The molecular weight excluding hydrogens is 470 g/mol. The lowest BCUT2D eigenvalue weighted by atomic mass is 9.98. The number of rotatable bonds is 9. The van der Waals surface area contributed by atoms with Gasteiger partial charge in [0.1, 0.15) is 5.52 Å². The van der Waals surface area contributed by atoms with Gasteiger partial charge in [-0.15, -0.1) is 10.2 Å². The number of nitrogens with one attached hydrogen (secondary N) is 2. The van der Waals surface area contributed by atoms with Crippen LogP contribution in [0.4, 0.5) is 11.6 Å². The van der Waals surface area contributed by atoms with Crippen molar-refractivity contribution in [2.45, 2.75) is 24.7 Å². The first-order valence-electron chi connectivity index (χ1n) is 12.1. The Morgan fingerprint density at radius 1 is 1.03 bits per heavy atom. The van der Waals surface area contributed by atoms with Crippen molar-refractivity contribution in [2.24, 2.45) is 5.73 Å². The summed E-state index contributed by atoms with van der Waals surface area (Å²) in [7, 11) is 0. The van der Waals surface area contributed by atoms with Gasteiger partial charge in [0.05, 0.1) is 5.52 Å². The Morgan fingerprint density at radius 2 is 1.83 bits per heavy atom. The Hall–Kier alpha value is -3.53. The van der Waals surface area contributed by atoms with E-state index in [2.05, 4.69) is 42.3 Å². The average Bonchev–Trinajstić information content (AvgIpc) is 3.41. The second-order valence-corrected chi connectivity index (χ2v) is 9.90. The number of amides is 1. The summed E-state index contributed by atoms with van der Waals surface area (Å²) in [4.78, 5) is 19.9. The molecule has 0 bridgehead atoms. The maximum Gasteiger partial charge on any atom is 0.248 e. The number of fused-ring (bicyclic) bond motifs is 1. The largest absolute Gasteiger partial charge is 0.366 e. The number of nitrogens with two attached hydrogens (primary N) is 1. The van der Waals surface area contributed by atoms with Crippen LogP contribution in [-0.2, 0) is 0 Å². The van der Waals surface area contributed by atoms with E-state index in [1.807, 2.05) is 43.3 Å². The standard InChI is InChI=1S/C27H29N7OS/c1-18-15-24-25(17-23(18)19-5-4-6-20(16-19)26(28)35)32-33-27(31-24)30-21-7-9-22(10-8-21)36-29-11-14-34-12-2-3-13-34/h4-10,15-17,29H,2-3,11-14H2,1H3,(H2,28,35)(H,30,31,33). The average molecular weight is 500 g/mol. The van der Waals surface area contributed by atoms with Gasteiger partial charge < -0.3 is 16.0 Å². The summed E-state index contributed by atoms with van der Waals surface area (Å²) in [5, 5.41) is 11.9. The van der Waals surface area contributed by atoms with Gasteiger partial charge in [0.15, 0.2) is 0 Å². The first-order chi connectivity index (χ1) is 17.5. The van der Waals surface area contributed by atoms with Crippen molar-refractivity contribution in [2.75, 3.05) is 31.5 Å². The van der Waals surface area contributed by atoms with Crippen LogP contribution in [0.2, 0.25) is 0 Å². The number of aryl methyl sites for hydroxylation is 1. The molecule has 1 aliphatic heterocycles. The van der Waals surface area contributed by atoms with E-state index in [1.165, 1.54) is 25.9 Å². The molecule has 0 aliphatic carbocycles. The Labute approximate surface area is 214 Å². The quantitative estimate of drug-likeness (QED) is 0.228. The van der Waals surface area contributed by atoms with E-state index in [0.717, 1.165) is 45.9 Å². The number of benzene rings is 3. The van der Waals surface area contributed by atoms with E-state index in [-0.39, 0.29) is 0 Å². The molecule has 1 aliphatic rings. The molecule has 8 nitrogen and oxygen atoms in total. The second kappa shape index (κ2) is 11.0. The van der Waals surface area contributed by atoms with Crippen LogP contribution in [0.3, 0.4) is 0 Å². The summed E-state index contributed by atoms with van der Waals surface area (Å²) in [5.41, 5.74) is 11.1. The zero-order chi connectivity index (χ0) is 24.9. The number of hydrogen-bond donors (Lipinski definition) is 3. The SMILES string of the molecule is Cc1cc2nc(Nc3ccc(SNCCN4CCCC4)cc3)nnc2cc1-c1cccc(C(N)=O)c1. The predicted molar refractivity (Wildman–Crippen MR) is 145 cm³/mol. The Balaban J connectivity index is 1.24. The fourth-order valence-corrected chi connectivity index (χ4v) is 5.00. The molecule has 1 aromatic heterocycles. The van der Waals surface area contributed by atoms with Crippen molar-refractivity contribution in [1.29, 1.82) is 0 Å². The Morgan fingerprint density at radius 3 is 2.61 bits per heavy atom. The summed E-state index contributed by atoms with van der Waals surface area (Å²) in [6, 6.07) is 19.4. The van der Waals surface area contributed by atoms with Crippen LogP contribution >= 0.6 is 11.9 Å². The summed E-state index contributed by atoms with van der Waals surface area (Å²) in [6.07, 6.45) is 2.65. The molecule has 2 heterocycles. The van der Waals surface area contributed by atoms with E-state index in [9.17, 15) is 4.79 Å². The molecule has 36 heavy (non-hydrogen) atoms. The maximum absolute atomic E-state index is 11.6. The van der Waals surface area contributed by atoms with Gasteiger partial charge in [-0.05, 0) is 110 Å². The lowest BCUT2D eigenvalue weighted by molar-refractivity contribution is 0.100. The van der Waals surface area contributed by atoms with E-state index in [0.29, 0.717) is 17.0 Å². The van der Waals surface area contributed by atoms with Crippen LogP contribution in [0.25, 0.3) is 22.2 Å². The zero-order valence-electron chi connectivity index (χ0n) is 20.2. The number of anilines is 2. The number of carbonyl (C=O) groups excluding carboxylic acids is 1. The van der Waals surface area contributed by atoms with Gasteiger partial charge in [-0.1, -0.05) is 12.1 Å². The summed E-state index contributed by atoms with van der Waals surface area (Å²) < 4.78 is 3.45. The zero-order valence-corrected chi connectivity index (χ0v) is 21.0. The molecule has 4 N–H and O–H groups in total. The minimum atomic E-state index is -0.451.